The van der Waals surface area contributed by atoms with E-state index in [0.29, 0.717) is 5.92 Å². The number of hydrogen-bond acceptors (Lipinski definition) is 3. The number of nitrogens with two attached hydrogens (primary N) is 1. The average molecular weight is 305 g/mol. The zero-order valence-corrected chi connectivity index (χ0v) is 12.6. The van der Waals surface area contributed by atoms with Gasteiger partial charge in [0.2, 0.25) is 0 Å². The van der Waals surface area contributed by atoms with Gasteiger partial charge in [-0.2, -0.15) is 0 Å². The molecular weight excluding hydrogens is 284 g/mol. The van der Waals surface area contributed by atoms with E-state index >= 15 is 0 Å². The summed E-state index contributed by atoms with van der Waals surface area (Å²) in [5.74, 6) is 0.594. The van der Waals surface area contributed by atoms with Crippen molar-refractivity contribution in [2.45, 2.75) is 32.9 Å². The molecule has 92 valence electrons. The quantitative estimate of drug-likeness (QED) is 0.873. The van der Waals surface area contributed by atoms with Crippen molar-refractivity contribution in [2.24, 2.45) is 11.7 Å². The van der Waals surface area contributed by atoms with Crippen molar-refractivity contribution < 1.29 is 0 Å². The normalized spacial score (nSPS) is 15.4. The maximum Gasteiger partial charge on any atom is 0.0701 e. The number of thiophene rings is 1. The van der Waals surface area contributed by atoms with Gasteiger partial charge in [-0.15, -0.1) is 11.3 Å². The standard InChI is InChI=1S/C12H21BrN2S/c1-4-9(2)11(14)7-15(3)6-10-5-12(13)16-8-10/h5,8-9,11H,4,6-7,14H2,1-3H3. The Morgan fingerprint density at radius 2 is 2.25 bits per heavy atom. The molecule has 0 fully saturated rings. The van der Waals surface area contributed by atoms with Gasteiger partial charge in [-0.25, -0.2) is 0 Å². The zero-order valence-electron chi connectivity index (χ0n) is 10.2. The highest BCUT2D eigenvalue weighted by Crippen LogP contribution is 2.21. The van der Waals surface area contributed by atoms with Gasteiger partial charge in [0.05, 0.1) is 3.79 Å². The smallest absolute Gasteiger partial charge is 0.0701 e. The van der Waals surface area contributed by atoms with Crippen LogP contribution in [0.4, 0.5) is 0 Å². The van der Waals surface area contributed by atoms with Crippen LogP contribution in [-0.4, -0.2) is 24.5 Å². The van der Waals surface area contributed by atoms with Crippen molar-refractivity contribution in [3.8, 4) is 0 Å². The van der Waals surface area contributed by atoms with Crippen LogP contribution in [0.5, 0.6) is 0 Å². The Kier molecular flexibility index (Phi) is 5.97. The summed E-state index contributed by atoms with van der Waals surface area (Å²) in [5, 5.41) is 2.19. The highest BCUT2D eigenvalue weighted by atomic mass is 79.9. The van der Waals surface area contributed by atoms with Crippen molar-refractivity contribution in [2.75, 3.05) is 13.6 Å². The van der Waals surface area contributed by atoms with Crippen LogP contribution in [0, 0.1) is 5.92 Å². The van der Waals surface area contributed by atoms with Crippen LogP contribution in [0.1, 0.15) is 25.8 Å². The summed E-state index contributed by atoms with van der Waals surface area (Å²) in [6, 6.07) is 2.45. The molecule has 0 radical (unpaired) electrons. The van der Waals surface area contributed by atoms with Crippen LogP contribution in [0.15, 0.2) is 15.2 Å². The highest BCUT2D eigenvalue weighted by molar-refractivity contribution is 9.11. The Morgan fingerprint density at radius 3 is 2.75 bits per heavy atom. The van der Waals surface area contributed by atoms with Crippen molar-refractivity contribution >= 4 is 27.3 Å². The summed E-state index contributed by atoms with van der Waals surface area (Å²) in [4.78, 5) is 2.30. The summed E-state index contributed by atoms with van der Waals surface area (Å²) < 4.78 is 1.20. The first-order chi connectivity index (χ1) is 7.52. The fraction of sp³-hybridized carbons (Fsp3) is 0.667. The molecule has 1 rings (SSSR count). The lowest BCUT2D eigenvalue weighted by atomic mass is 10.00. The predicted molar refractivity (Wildman–Crippen MR) is 75.8 cm³/mol. The minimum Gasteiger partial charge on any atom is -0.326 e. The summed E-state index contributed by atoms with van der Waals surface area (Å²) >= 11 is 5.22. The molecule has 16 heavy (non-hydrogen) atoms. The van der Waals surface area contributed by atoms with Gasteiger partial charge >= 0.3 is 0 Å². The van der Waals surface area contributed by atoms with E-state index in [-0.39, 0.29) is 6.04 Å². The van der Waals surface area contributed by atoms with Crippen molar-refractivity contribution in [3.05, 3.63) is 20.8 Å². The van der Waals surface area contributed by atoms with Gasteiger partial charge < -0.3 is 10.6 Å². The molecule has 0 amide bonds. The maximum absolute atomic E-state index is 6.14. The van der Waals surface area contributed by atoms with E-state index in [4.69, 9.17) is 5.73 Å². The third-order valence-corrected chi connectivity index (χ3v) is 4.52. The predicted octanol–water partition coefficient (Wildman–Crippen LogP) is 3.32. The van der Waals surface area contributed by atoms with E-state index in [0.717, 1.165) is 19.5 Å². The monoisotopic (exact) mass is 304 g/mol. The maximum atomic E-state index is 6.14. The van der Waals surface area contributed by atoms with Gasteiger partial charge in [0.15, 0.2) is 0 Å². The average Bonchev–Trinajstić information content (AvgIpc) is 2.62. The molecule has 0 aromatic carbocycles. The molecule has 4 heteroatoms. The van der Waals surface area contributed by atoms with Crippen molar-refractivity contribution in [3.63, 3.8) is 0 Å². The van der Waals surface area contributed by atoms with Crippen LogP contribution in [0.3, 0.4) is 0 Å². The highest BCUT2D eigenvalue weighted by Gasteiger charge is 2.13. The molecular formula is C12H21BrN2S. The van der Waals surface area contributed by atoms with E-state index in [2.05, 4.69) is 53.2 Å². The van der Waals surface area contributed by atoms with Gasteiger partial charge in [-0.1, -0.05) is 20.3 Å². The van der Waals surface area contributed by atoms with E-state index in [1.165, 1.54) is 9.35 Å². The second kappa shape index (κ2) is 6.74. The number of nitrogens with zero attached hydrogens (tertiary/aromatic N) is 1. The second-order valence-electron chi connectivity index (χ2n) is 4.51. The lowest BCUT2D eigenvalue weighted by Gasteiger charge is -2.24. The summed E-state index contributed by atoms with van der Waals surface area (Å²) in [6.07, 6.45) is 1.15. The van der Waals surface area contributed by atoms with Gasteiger partial charge in [0.25, 0.3) is 0 Å². The molecule has 1 aromatic rings. The molecule has 2 unspecified atom stereocenters. The lowest BCUT2D eigenvalue weighted by molar-refractivity contribution is 0.268. The topological polar surface area (TPSA) is 29.3 Å². The first-order valence-corrected chi connectivity index (χ1v) is 7.37. The van der Waals surface area contributed by atoms with Crippen LogP contribution in [-0.2, 0) is 6.54 Å². The Morgan fingerprint density at radius 1 is 1.56 bits per heavy atom. The van der Waals surface area contributed by atoms with E-state index in [1.807, 2.05) is 0 Å². The molecule has 0 spiro atoms. The number of hydrogen-bond donors (Lipinski definition) is 1. The van der Waals surface area contributed by atoms with Crippen LogP contribution in [0.25, 0.3) is 0 Å². The Labute approximate surface area is 111 Å². The number of rotatable bonds is 6. The second-order valence-corrected chi connectivity index (χ2v) is 6.80. The largest absolute Gasteiger partial charge is 0.326 e. The van der Waals surface area contributed by atoms with Crippen LogP contribution in [0.2, 0.25) is 0 Å². The summed E-state index contributed by atoms with van der Waals surface area (Å²) in [6.45, 7) is 6.36. The molecule has 0 aliphatic rings. The fourth-order valence-electron chi connectivity index (χ4n) is 1.65. The number of likely N-dealkylation sites (N-methyl/N-ethyl adjacent to an activating group) is 1. The van der Waals surface area contributed by atoms with Gasteiger partial charge in [-0.05, 0) is 45.9 Å². The molecule has 0 bridgehead atoms. The van der Waals surface area contributed by atoms with Gasteiger partial charge in [0, 0.05) is 19.1 Å². The van der Waals surface area contributed by atoms with Gasteiger partial charge in [0.1, 0.15) is 0 Å². The Hall–Kier alpha value is 0.100. The first-order valence-electron chi connectivity index (χ1n) is 5.70. The molecule has 0 saturated heterocycles. The molecule has 1 aromatic heterocycles. The molecule has 0 aliphatic heterocycles. The van der Waals surface area contributed by atoms with E-state index < -0.39 is 0 Å². The molecule has 1 heterocycles. The molecule has 0 aliphatic carbocycles. The van der Waals surface area contributed by atoms with Crippen molar-refractivity contribution in [1.82, 2.24) is 4.90 Å². The Balaban J connectivity index is 2.38. The van der Waals surface area contributed by atoms with E-state index in [1.54, 1.807) is 11.3 Å². The molecule has 2 N–H and O–H groups in total. The third kappa shape index (κ3) is 4.53. The fourth-order valence-corrected chi connectivity index (χ4v) is 2.85. The SMILES string of the molecule is CCC(C)C(N)CN(C)Cc1csc(Br)c1. The van der Waals surface area contributed by atoms with Crippen molar-refractivity contribution in [1.29, 1.82) is 0 Å². The minimum absolute atomic E-state index is 0.275. The first kappa shape index (κ1) is 14.2. The Bertz CT molecular complexity index is 314. The summed E-state index contributed by atoms with van der Waals surface area (Å²) in [7, 11) is 2.13. The molecule has 2 atom stereocenters. The minimum atomic E-state index is 0.275. The summed E-state index contributed by atoms with van der Waals surface area (Å²) in [5.41, 5.74) is 7.50. The third-order valence-electron chi connectivity index (χ3n) is 2.97. The van der Waals surface area contributed by atoms with Gasteiger partial charge in [-0.3, -0.25) is 0 Å². The zero-order chi connectivity index (χ0) is 12.1. The number of halogens is 1. The molecule has 2 nitrogen and oxygen atoms in total. The lowest BCUT2D eigenvalue weighted by Crippen LogP contribution is -2.39. The van der Waals surface area contributed by atoms with Crippen LogP contribution >= 0.6 is 27.3 Å². The van der Waals surface area contributed by atoms with E-state index in [9.17, 15) is 0 Å². The molecule has 0 saturated carbocycles. The van der Waals surface area contributed by atoms with Crippen LogP contribution < -0.4 is 5.73 Å².